The highest BCUT2D eigenvalue weighted by Gasteiger charge is 2.12. The van der Waals surface area contributed by atoms with Crippen molar-refractivity contribution in [2.75, 3.05) is 0 Å². The molecule has 2 heteroatoms. The first-order valence-corrected chi connectivity index (χ1v) is 6.82. The van der Waals surface area contributed by atoms with E-state index in [1.165, 1.54) is 16.7 Å². The maximum atomic E-state index is 6.43. The van der Waals surface area contributed by atoms with Gasteiger partial charge < -0.3 is 5.73 Å². The van der Waals surface area contributed by atoms with Gasteiger partial charge in [-0.2, -0.15) is 0 Å². The molecule has 3 rings (SSSR count). The van der Waals surface area contributed by atoms with Crippen LogP contribution in [0.3, 0.4) is 0 Å². The molecule has 2 aromatic carbocycles. The zero-order chi connectivity index (χ0) is 14.1. The Morgan fingerprint density at radius 1 is 1.00 bits per heavy atom. The number of nitrogens with two attached hydrogens (primary N) is 1. The molecule has 2 N–H and O–H groups in total. The maximum Gasteiger partial charge on any atom is 0.0705 e. The van der Waals surface area contributed by atoms with Crippen molar-refractivity contribution in [2.45, 2.75) is 19.9 Å². The predicted octanol–water partition coefficient (Wildman–Crippen LogP) is 3.90. The van der Waals surface area contributed by atoms with Gasteiger partial charge in [0.25, 0.3) is 0 Å². The van der Waals surface area contributed by atoms with Crippen LogP contribution in [0.2, 0.25) is 0 Å². The minimum absolute atomic E-state index is 0.109. The fourth-order valence-electron chi connectivity index (χ4n) is 2.63. The molecule has 0 amide bonds. The molecule has 1 heterocycles. The molecule has 0 aliphatic carbocycles. The van der Waals surface area contributed by atoms with Crippen molar-refractivity contribution in [3.8, 4) is 0 Å². The van der Waals surface area contributed by atoms with Crippen LogP contribution in [0.5, 0.6) is 0 Å². The second kappa shape index (κ2) is 5.06. The molecular formula is C18H18N2. The van der Waals surface area contributed by atoms with Crippen molar-refractivity contribution in [1.29, 1.82) is 0 Å². The van der Waals surface area contributed by atoms with Gasteiger partial charge in [0.2, 0.25) is 0 Å². The molecular weight excluding hydrogens is 244 g/mol. The van der Waals surface area contributed by atoms with Crippen LogP contribution in [0, 0.1) is 13.8 Å². The maximum absolute atomic E-state index is 6.43. The van der Waals surface area contributed by atoms with Crippen LogP contribution in [-0.4, -0.2) is 4.98 Å². The van der Waals surface area contributed by atoms with E-state index in [2.05, 4.69) is 61.3 Å². The van der Waals surface area contributed by atoms with Crippen molar-refractivity contribution < 1.29 is 0 Å². The summed E-state index contributed by atoms with van der Waals surface area (Å²) in [6.45, 7) is 4.21. The normalized spacial score (nSPS) is 12.6. The molecule has 0 spiro atoms. The van der Waals surface area contributed by atoms with E-state index in [1.807, 2.05) is 12.3 Å². The Labute approximate surface area is 119 Å². The zero-order valence-electron chi connectivity index (χ0n) is 11.8. The third-order valence-corrected chi connectivity index (χ3v) is 3.75. The SMILES string of the molecule is Cc1ccc(C(N)c2ccc3cccnc3c2)c(C)c1. The minimum atomic E-state index is -0.109. The van der Waals surface area contributed by atoms with Gasteiger partial charge in [-0.1, -0.05) is 42.0 Å². The van der Waals surface area contributed by atoms with Gasteiger partial charge in [-0.15, -0.1) is 0 Å². The van der Waals surface area contributed by atoms with Crippen LogP contribution >= 0.6 is 0 Å². The van der Waals surface area contributed by atoms with E-state index in [4.69, 9.17) is 5.73 Å². The highest BCUT2D eigenvalue weighted by molar-refractivity contribution is 5.79. The fraction of sp³-hybridized carbons (Fsp3) is 0.167. The summed E-state index contributed by atoms with van der Waals surface area (Å²) in [4.78, 5) is 4.40. The zero-order valence-corrected chi connectivity index (χ0v) is 11.8. The van der Waals surface area contributed by atoms with E-state index in [0.29, 0.717) is 0 Å². The van der Waals surface area contributed by atoms with Gasteiger partial charge in [-0.25, -0.2) is 0 Å². The van der Waals surface area contributed by atoms with Gasteiger partial charge in [-0.05, 0) is 42.7 Å². The van der Waals surface area contributed by atoms with Gasteiger partial charge in [-0.3, -0.25) is 4.98 Å². The first-order valence-electron chi connectivity index (χ1n) is 6.82. The van der Waals surface area contributed by atoms with Gasteiger partial charge in [0.15, 0.2) is 0 Å². The molecule has 1 unspecified atom stereocenters. The average Bonchev–Trinajstić information content (AvgIpc) is 2.46. The van der Waals surface area contributed by atoms with Crippen molar-refractivity contribution in [3.05, 3.63) is 77.0 Å². The number of aryl methyl sites for hydroxylation is 2. The van der Waals surface area contributed by atoms with E-state index in [1.54, 1.807) is 0 Å². The lowest BCUT2D eigenvalue weighted by molar-refractivity contribution is 0.862. The lowest BCUT2D eigenvalue weighted by Crippen LogP contribution is -2.13. The van der Waals surface area contributed by atoms with Gasteiger partial charge >= 0.3 is 0 Å². The molecule has 0 aliphatic rings. The van der Waals surface area contributed by atoms with Crippen molar-refractivity contribution >= 4 is 10.9 Å². The molecule has 20 heavy (non-hydrogen) atoms. The molecule has 0 saturated carbocycles. The highest BCUT2D eigenvalue weighted by atomic mass is 14.7. The quantitative estimate of drug-likeness (QED) is 0.760. The van der Waals surface area contributed by atoms with Crippen LogP contribution < -0.4 is 5.73 Å². The number of aromatic nitrogens is 1. The highest BCUT2D eigenvalue weighted by Crippen LogP contribution is 2.25. The Bertz CT molecular complexity index is 762. The third-order valence-electron chi connectivity index (χ3n) is 3.75. The standard InChI is InChI=1S/C18H18N2/c1-12-5-8-16(13(2)10-12)18(19)15-7-6-14-4-3-9-20-17(14)11-15/h3-11,18H,19H2,1-2H3. The van der Waals surface area contributed by atoms with E-state index < -0.39 is 0 Å². The number of fused-ring (bicyclic) bond motifs is 1. The van der Waals surface area contributed by atoms with E-state index in [9.17, 15) is 0 Å². The second-order valence-corrected chi connectivity index (χ2v) is 5.29. The largest absolute Gasteiger partial charge is 0.320 e. The number of pyridine rings is 1. The second-order valence-electron chi connectivity index (χ2n) is 5.29. The number of hydrogen-bond donors (Lipinski definition) is 1. The average molecular weight is 262 g/mol. The molecule has 0 fully saturated rings. The van der Waals surface area contributed by atoms with E-state index >= 15 is 0 Å². The minimum Gasteiger partial charge on any atom is -0.320 e. The van der Waals surface area contributed by atoms with Gasteiger partial charge in [0.05, 0.1) is 11.6 Å². The topological polar surface area (TPSA) is 38.9 Å². The summed E-state index contributed by atoms with van der Waals surface area (Å²) in [7, 11) is 0. The molecule has 1 aromatic heterocycles. The van der Waals surface area contributed by atoms with E-state index in [-0.39, 0.29) is 6.04 Å². The first-order chi connectivity index (χ1) is 9.65. The smallest absolute Gasteiger partial charge is 0.0705 e. The lowest BCUT2D eigenvalue weighted by Gasteiger charge is -2.16. The lowest BCUT2D eigenvalue weighted by atomic mass is 9.94. The molecule has 0 bridgehead atoms. The van der Waals surface area contributed by atoms with Crippen LogP contribution in [0.4, 0.5) is 0 Å². The summed E-state index contributed by atoms with van der Waals surface area (Å²) in [6.07, 6.45) is 1.81. The molecule has 100 valence electrons. The summed E-state index contributed by atoms with van der Waals surface area (Å²) in [5.74, 6) is 0. The monoisotopic (exact) mass is 262 g/mol. The Hall–Kier alpha value is -2.19. The number of hydrogen-bond acceptors (Lipinski definition) is 2. The molecule has 0 saturated heterocycles. The molecule has 3 aromatic rings. The van der Waals surface area contributed by atoms with Gasteiger partial charge in [0.1, 0.15) is 0 Å². The number of benzene rings is 2. The van der Waals surface area contributed by atoms with Crippen molar-refractivity contribution in [1.82, 2.24) is 4.98 Å². The van der Waals surface area contributed by atoms with Crippen LogP contribution in [0.25, 0.3) is 10.9 Å². The molecule has 0 radical (unpaired) electrons. The Balaban J connectivity index is 2.05. The van der Waals surface area contributed by atoms with Crippen LogP contribution in [0.15, 0.2) is 54.7 Å². The summed E-state index contributed by atoms with van der Waals surface area (Å²) in [5, 5.41) is 1.14. The summed E-state index contributed by atoms with van der Waals surface area (Å²) < 4.78 is 0. The first kappa shape index (κ1) is 12.8. The van der Waals surface area contributed by atoms with Crippen molar-refractivity contribution in [2.24, 2.45) is 5.73 Å². The Morgan fingerprint density at radius 2 is 1.85 bits per heavy atom. The van der Waals surface area contributed by atoms with Crippen molar-refractivity contribution in [3.63, 3.8) is 0 Å². The number of rotatable bonds is 2. The molecule has 1 atom stereocenters. The Morgan fingerprint density at radius 3 is 2.65 bits per heavy atom. The van der Waals surface area contributed by atoms with Gasteiger partial charge in [0, 0.05) is 11.6 Å². The van der Waals surface area contributed by atoms with E-state index in [0.717, 1.165) is 16.5 Å². The summed E-state index contributed by atoms with van der Waals surface area (Å²) >= 11 is 0. The van der Waals surface area contributed by atoms with Crippen LogP contribution in [0.1, 0.15) is 28.3 Å². The molecule has 0 aliphatic heterocycles. The number of nitrogens with zero attached hydrogens (tertiary/aromatic N) is 1. The third kappa shape index (κ3) is 2.30. The summed E-state index contributed by atoms with van der Waals surface area (Å²) in [6, 6.07) is 16.6. The fourth-order valence-corrected chi connectivity index (χ4v) is 2.63. The predicted molar refractivity (Wildman–Crippen MR) is 83.7 cm³/mol. The molecule has 2 nitrogen and oxygen atoms in total. The van der Waals surface area contributed by atoms with Crippen LogP contribution in [-0.2, 0) is 0 Å². The Kier molecular flexibility index (Phi) is 3.25. The summed E-state index contributed by atoms with van der Waals surface area (Å²) in [5.41, 5.74) is 12.2.